The average Bonchev–Trinajstić information content (AvgIpc) is 2.37. The van der Waals surface area contributed by atoms with Gasteiger partial charge in [0.2, 0.25) is 5.91 Å². The molecule has 1 rings (SSSR count). The van der Waals surface area contributed by atoms with Crippen LogP contribution in [0.4, 0.5) is 5.69 Å². The average molecular weight is 350 g/mol. The number of carbonyl (C=O) groups excluding carboxylic acids is 2. The molecule has 0 saturated carbocycles. The van der Waals surface area contributed by atoms with Crippen LogP contribution in [0.1, 0.15) is 6.92 Å². The van der Waals surface area contributed by atoms with E-state index in [1.807, 2.05) is 0 Å². The van der Waals surface area contributed by atoms with Crippen LogP contribution in [-0.2, 0) is 14.3 Å². The van der Waals surface area contributed by atoms with E-state index >= 15 is 0 Å². The van der Waals surface area contributed by atoms with Crippen LogP contribution >= 0.6 is 27.5 Å². The van der Waals surface area contributed by atoms with Crippen molar-refractivity contribution in [3.8, 4) is 0 Å². The third-order valence-corrected chi connectivity index (χ3v) is 3.53. The molecule has 0 radical (unpaired) electrons. The molecule has 1 atom stereocenters. The van der Waals surface area contributed by atoms with Crippen LogP contribution in [0.2, 0.25) is 5.02 Å². The van der Waals surface area contributed by atoms with Crippen molar-refractivity contribution in [2.45, 2.75) is 13.0 Å². The molecule has 0 saturated heterocycles. The minimum absolute atomic E-state index is 0.213. The van der Waals surface area contributed by atoms with Gasteiger partial charge in [-0.05, 0) is 34.1 Å². The van der Waals surface area contributed by atoms with Crippen LogP contribution in [0.5, 0.6) is 0 Å². The van der Waals surface area contributed by atoms with Gasteiger partial charge in [0.1, 0.15) is 6.04 Å². The van der Waals surface area contributed by atoms with Crippen LogP contribution in [-0.4, -0.2) is 31.6 Å². The Kier molecular flexibility index (Phi) is 6.11. The number of anilines is 1. The van der Waals surface area contributed by atoms with E-state index in [1.54, 1.807) is 18.2 Å². The molecule has 0 aliphatic rings. The summed E-state index contributed by atoms with van der Waals surface area (Å²) in [6.45, 7) is 1.55. The number of esters is 1. The molecule has 5 nitrogen and oxygen atoms in total. The highest BCUT2D eigenvalue weighted by Crippen LogP contribution is 2.25. The first-order valence-corrected chi connectivity index (χ1v) is 6.65. The second-order valence-corrected chi connectivity index (χ2v) is 5.05. The zero-order valence-corrected chi connectivity index (χ0v) is 12.8. The Morgan fingerprint density at radius 1 is 1.47 bits per heavy atom. The van der Waals surface area contributed by atoms with Crippen molar-refractivity contribution in [1.29, 1.82) is 0 Å². The molecule has 104 valence electrons. The lowest BCUT2D eigenvalue weighted by atomic mass is 10.2. The molecule has 0 aliphatic heterocycles. The molecular formula is C12H14BrClN2O3. The molecule has 19 heavy (non-hydrogen) atoms. The van der Waals surface area contributed by atoms with Gasteiger partial charge in [-0.1, -0.05) is 11.6 Å². The van der Waals surface area contributed by atoms with Gasteiger partial charge >= 0.3 is 5.97 Å². The molecule has 0 bridgehead atoms. The summed E-state index contributed by atoms with van der Waals surface area (Å²) in [5.74, 6) is -0.808. The summed E-state index contributed by atoms with van der Waals surface area (Å²) in [6.07, 6.45) is 0. The predicted octanol–water partition coefficient (Wildman–Crippen LogP) is 2.19. The van der Waals surface area contributed by atoms with E-state index in [1.165, 1.54) is 14.0 Å². The van der Waals surface area contributed by atoms with Crippen LogP contribution < -0.4 is 10.6 Å². The highest BCUT2D eigenvalue weighted by Gasteiger charge is 2.19. The number of nitrogens with one attached hydrogen (secondary N) is 2. The second kappa shape index (κ2) is 7.35. The van der Waals surface area contributed by atoms with Gasteiger partial charge < -0.3 is 15.4 Å². The minimum atomic E-state index is -0.745. The van der Waals surface area contributed by atoms with E-state index in [0.717, 1.165) is 10.2 Å². The van der Waals surface area contributed by atoms with Crippen molar-refractivity contribution in [2.24, 2.45) is 0 Å². The first kappa shape index (κ1) is 15.8. The number of halogens is 2. The van der Waals surface area contributed by atoms with E-state index in [0.29, 0.717) is 5.02 Å². The smallest absolute Gasteiger partial charge is 0.330 e. The molecule has 1 aromatic rings. The van der Waals surface area contributed by atoms with Crippen LogP contribution in [0, 0.1) is 0 Å². The topological polar surface area (TPSA) is 67.4 Å². The molecule has 0 spiro atoms. The number of ether oxygens (including phenoxy) is 1. The van der Waals surface area contributed by atoms with Gasteiger partial charge in [0.05, 0.1) is 12.1 Å². The van der Waals surface area contributed by atoms with Gasteiger partial charge in [0.15, 0.2) is 0 Å². The fourth-order valence-electron chi connectivity index (χ4n) is 1.41. The zero-order chi connectivity index (χ0) is 14.4. The lowest BCUT2D eigenvalue weighted by Crippen LogP contribution is -2.45. The number of hydrogen-bond donors (Lipinski definition) is 2. The Balaban J connectivity index is 2.67. The SMILES string of the molecule is COC(=O)C(CNc1ccc(Br)c(Cl)c1)NC(C)=O. The minimum Gasteiger partial charge on any atom is -0.467 e. The lowest BCUT2D eigenvalue weighted by Gasteiger charge is -2.17. The standard InChI is InChI=1S/C12H14BrClN2O3/c1-7(17)16-11(12(18)19-2)6-15-8-3-4-9(13)10(14)5-8/h3-5,11,15H,6H2,1-2H3,(H,16,17). The van der Waals surface area contributed by atoms with Crippen molar-refractivity contribution in [1.82, 2.24) is 5.32 Å². The van der Waals surface area contributed by atoms with Gasteiger partial charge in [0, 0.05) is 23.6 Å². The van der Waals surface area contributed by atoms with Gasteiger partial charge in [0.25, 0.3) is 0 Å². The third-order valence-electron chi connectivity index (χ3n) is 2.29. The van der Waals surface area contributed by atoms with Crippen LogP contribution in [0.3, 0.4) is 0 Å². The Labute approximate surface area is 124 Å². The molecule has 2 N–H and O–H groups in total. The number of rotatable bonds is 5. The largest absolute Gasteiger partial charge is 0.467 e. The van der Waals surface area contributed by atoms with Crippen LogP contribution in [0.15, 0.2) is 22.7 Å². The highest BCUT2D eigenvalue weighted by atomic mass is 79.9. The van der Waals surface area contributed by atoms with E-state index in [2.05, 4.69) is 31.3 Å². The quantitative estimate of drug-likeness (QED) is 0.800. The molecule has 0 heterocycles. The number of carbonyl (C=O) groups is 2. The first-order chi connectivity index (χ1) is 8.93. The molecule has 1 unspecified atom stereocenters. The summed E-state index contributed by atoms with van der Waals surface area (Å²) in [5, 5.41) is 6.08. The lowest BCUT2D eigenvalue weighted by molar-refractivity contribution is -0.144. The number of methoxy groups -OCH3 is 1. The second-order valence-electron chi connectivity index (χ2n) is 3.79. The first-order valence-electron chi connectivity index (χ1n) is 5.48. The van der Waals surface area contributed by atoms with Gasteiger partial charge in [-0.2, -0.15) is 0 Å². The molecular weight excluding hydrogens is 336 g/mol. The molecule has 0 fully saturated rings. The molecule has 0 aliphatic carbocycles. The van der Waals surface area contributed by atoms with E-state index in [4.69, 9.17) is 11.6 Å². The van der Waals surface area contributed by atoms with Gasteiger partial charge in [-0.15, -0.1) is 0 Å². The zero-order valence-electron chi connectivity index (χ0n) is 10.5. The number of hydrogen-bond acceptors (Lipinski definition) is 4. The van der Waals surface area contributed by atoms with Crippen molar-refractivity contribution in [2.75, 3.05) is 19.0 Å². The van der Waals surface area contributed by atoms with Crippen LogP contribution in [0.25, 0.3) is 0 Å². The fourth-order valence-corrected chi connectivity index (χ4v) is 1.83. The fraction of sp³-hybridized carbons (Fsp3) is 0.333. The molecule has 1 amide bonds. The van der Waals surface area contributed by atoms with E-state index in [9.17, 15) is 9.59 Å². The van der Waals surface area contributed by atoms with Crippen molar-refractivity contribution < 1.29 is 14.3 Å². The maximum Gasteiger partial charge on any atom is 0.330 e. The monoisotopic (exact) mass is 348 g/mol. The summed E-state index contributed by atoms with van der Waals surface area (Å²) in [7, 11) is 1.27. The molecule has 7 heteroatoms. The summed E-state index contributed by atoms with van der Waals surface area (Å²) in [6, 6.07) is 4.56. The van der Waals surface area contributed by atoms with E-state index in [-0.39, 0.29) is 12.5 Å². The summed E-state index contributed by atoms with van der Waals surface area (Å²) >= 11 is 9.24. The summed E-state index contributed by atoms with van der Waals surface area (Å²) < 4.78 is 5.40. The van der Waals surface area contributed by atoms with Crippen molar-refractivity contribution in [3.05, 3.63) is 27.7 Å². The number of amides is 1. The van der Waals surface area contributed by atoms with E-state index < -0.39 is 12.0 Å². The Bertz CT molecular complexity index is 482. The Hall–Kier alpha value is -1.27. The normalized spacial score (nSPS) is 11.6. The highest BCUT2D eigenvalue weighted by molar-refractivity contribution is 9.10. The maximum absolute atomic E-state index is 11.5. The van der Waals surface area contributed by atoms with Crippen molar-refractivity contribution >= 4 is 45.1 Å². The maximum atomic E-state index is 11.5. The van der Waals surface area contributed by atoms with Gasteiger partial charge in [-0.25, -0.2) is 4.79 Å². The summed E-state index contributed by atoms with van der Waals surface area (Å²) in [5.41, 5.74) is 0.743. The van der Waals surface area contributed by atoms with Crippen molar-refractivity contribution in [3.63, 3.8) is 0 Å². The van der Waals surface area contributed by atoms with Gasteiger partial charge in [-0.3, -0.25) is 4.79 Å². The predicted molar refractivity (Wildman–Crippen MR) is 77.3 cm³/mol. The third kappa shape index (κ3) is 5.08. The molecule has 1 aromatic carbocycles. The summed E-state index contributed by atoms with van der Waals surface area (Å²) in [4.78, 5) is 22.5. The molecule has 0 aromatic heterocycles. The Morgan fingerprint density at radius 3 is 2.68 bits per heavy atom. The number of benzene rings is 1. The Morgan fingerprint density at radius 2 is 2.16 bits per heavy atom.